The molecule has 4 rings (SSSR count). The molecule has 1 aliphatic heterocycles. The van der Waals surface area contributed by atoms with E-state index in [-0.39, 0.29) is 17.6 Å². The maximum Gasteiger partial charge on any atom is 0.323 e. The number of hydrogen-bond acceptors (Lipinski definition) is 6. The second kappa shape index (κ2) is 7.08. The highest BCUT2D eigenvalue weighted by Crippen LogP contribution is 2.20. The maximum absolute atomic E-state index is 12.5. The van der Waals surface area contributed by atoms with Crippen molar-refractivity contribution in [3.8, 4) is 5.82 Å². The Bertz CT molecular complexity index is 936. The van der Waals surface area contributed by atoms with Crippen molar-refractivity contribution in [3.05, 3.63) is 52.8 Å². The molecule has 9 nitrogen and oxygen atoms in total. The third kappa shape index (κ3) is 3.36. The minimum Gasteiger partial charge on any atom is -0.320 e. The number of imidazole rings is 1. The predicted molar refractivity (Wildman–Crippen MR) is 96.5 cm³/mol. The summed E-state index contributed by atoms with van der Waals surface area (Å²) in [6, 6.07) is 2.86. The van der Waals surface area contributed by atoms with E-state index in [0.717, 1.165) is 12.8 Å². The normalized spacial score (nSPS) is 16.8. The van der Waals surface area contributed by atoms with Crippen molar-refractivity contribution in [2.45, 2.75) is 25.4 Å². The Morgan fingerprint density at radius 1 is 1.35 bits per heavy atom. The summed E-state index contributed by atoms with van der Waals surface area (Å²) in [7, 11) is 0. The van der Waals surface area contributed by atoms with Crippen molar-refractivity contribution in [1.29, 1.82) is 0 Å². The summed E-state index contributed by atoms with van der Waals surface area (Å²) in [6.07, 6.45) is 8.41. The molecule has 0 spiro atoms. The van der Waals surface area contributed by atoms with Crippen LogP contribution in [0.2, 0.25) is 0 Å². The van der Waals surface area contributed by atoms with Crippen LogP contribution in [-0.2, 0) is 6.54 Å². The fourth-order valence-electron chi connectivity index (χ4n) is 3.04. The van der Waals surface area contributed by atoms with Crippen LogP contribution < -0.4 is 10.9 Å². The fourth-order valence-corrected chi connectivity index (χ4v) is 3.56. The van der Waals surface area contributed by atoms with E-state index in [1.165, 1.54) is 22.1 Å². The molecule has 1 saturated heterocycles. The Balaban J connectivity index is 1.51. The first-order valence-electron chi connectivity index (χ1n) is 8.24. The number of hydrogen-bond donors (Lipinski definition) is 1. The van der Waals surface area contributed by atoms with Crippen LogP contribution in [0.5, 0.6) is 0 Å². The summed E-state index contributed by atoms with van der Waals surface area (Å²) in [6.45, 7) is 1.00. The number of likely N-dealkylation sites (tertiary alicyclic amines) is 1. The monoisotopic (exact) mass is 371 g/mol. The number of urea groups is 1. The van der Waals surface area contributed by atoms with E-state index in [2.05, 4.69) is 20.4 Å². The number of nitrogens with one attached hydrogen (secondary N) is 1. The highest BCUT2D eigenvalue weighted by Gasteiger charge is 2.30. The van der Waals surface area contributed by atoms with Crippen molar-refractivity contribution in [2.75, 3.05) is 11.9 Å². The largest absolute Gasteiger partial charge is 0.323 e. The molecule has 3 aromatic rings. The van der Waals surface area contributed by atoms with Crippen LogP contribution in [0.25, 0.3) is 5.82 Å². The zero-order valence-corrected chi connectivity index (χ0v) is 14.7. The van der Waals surface area contributed by atoms with Gasteiger partial charge in [-0.25, -0.2) is 19.4 Å². The van der Waals surface area contributed by atoms with Gasteiger partial charge >= 0.3 is 6.03 Å². The molecule has 1 N–H and O–H groups in total. The van der Waals surface area contributed by atoms with E-state index < -0.39 is 0 Å². The standard InChI is InChI=1S/C16H17N7O2S/c24-14-4-3-13(21-8-5-17-11-21)20-23(14)10-12-2-1-7-22(12)16(25)19-15-18-6-9-26-15/h3-6,8-9,11-12H,1-2,7,10H2,(H,18,19,25). The molecule has 134 valence electrons. The Kier molecular flexibility index (Phi) is 4.48. The van der Waals surface area contributed by atoms with Gasteiger partial charge in [-0.15, -0.1) is 11.3 Å². The number of anilines is 1. The summed E-state index contributed by atoms with van der Waals surface area (Å²) in [5, 5.41) is 9.58. The minimum atomic E-state index is -0.193. The van der Waals surface area contributed by atoms with Gasteiger partial charge in [0.15, 0.2) is 10.9 Å². The Morgan fingerprint density at radius 3 is 3.04 bits per heavy atom. The Hall–Kier alpha value is -3.01. The van der Waals surface area contributed by atoms with Crippen molar-refractivity contribution >= 4 is 22.5 Å². The molecule has 0 saturated carbocycles. The van der Waals surface area contributed by atoms with Gasteiger partial charge in [-0.2, -0.15) is 5.10 Å². The zero-order valence-electron chi connectivity index (χ0n) is 13.9. The SMILES string of the molecule is O=C(Nc1nccs1)N1CCCC1Cn1nc(-n2ccnc2)ccc1=O. The third-order valence-corrected chi connectivity index (χ3v) is 4.98. The fraction of sp³-hybridized carbons (Fsp3) is 0.312. The summed E-state index contributed by atoms with van der Waals surface area (Å²) in [4.78, 5) is 34.5. The first-order valence-corrected chi connectivity index (χ1v) is 9.12. The molecule has 3 aromatic heterocycles. The number of carbonyl (C=O) groups is 1. The molecule has 0 bridgehead atoms. The number of rotatable bonds is 4. The molecule has 10 heteroatoms. The van der Waals surface area contributed by atoms with Gasteiger partial charge in [-0.1, -0.05) is 0 Å². The van der Waals surface area contributed by atoms with Crippen LogP contribution in [0, 0.1) is 0 Å². The summed E-state index contributed by atoms with van der Waals surface area (Å²) in [5.41, 5.74) is -0.193. The first kappa shape index (κ1) is 16.5. The Morgan fingerprint density at radius 2 is 2.27 bits per heavy atom. The molecule has 2 amide bonds. The van der Waals surface area contributed by atoms with E-state index >= 15 is 0 Å². The highest BCUT2D eigenvalue weighted by molar-refractivity contribution is 7.13. The highest BCUT2D eigenvalue weighted by atomic mass is 32.1. The van der Waals surface area contributed by atoms with Gasteiger partial charge in [-0.05, 0) is 18.9 Å². The lowest BCUT2D eigenvalue weighted by molar-refractivity contribution is 0.199. The van der Waals surface area contributed by atoms with Gasteiger partial charge in [0.25, 0.3) is 5.56 Å². The molecule has 1 unspecified atom stereocenters. The van der Waals surface area contributed by atoms with E-state index in [0.29, 0.717) is 24.0 Å². The lowest BCUT2D eigenvalue weighted by Crippen LogP contribution is -2.42. The topological polar surface area (TPSA) is 97.9 Å². The molecular weight excluding hydrogens is 354 g/mol. The van der Waals surface area contributed by atoms with Gasteiger partial charge in [-0.3, -0.25) is 14.7 Å². The third-order valence-electron chi connectivity index (χ3n) is 4.29. The number of carbonyl (C=O) groups excluding carboxylic acids is 1. The van der Waals surface area contributed by atoms with Crippen LogP contribution in [0.4, 0.5) is 9.93 Å². The molecule has 26 heavy (non-hydrogen) atoms. The molecule has 0 aliphatic carbocycles. The lowest BCUT2D eigenvalue weighted by Gasteiger charge is -2.24. The average Bonchev–Trinajstić information content (AvgIpc) is 3.39. The van der Waals surface area contributed by atoms with E-state index in [1.807, 2.05) is 5.38 Å². The van der Waals surface area contributed by atoms with Gasteiger partial charge in [0, 0.05) is 36.6 Å². The quantitative estimate of drug-likeness (QED) is 0.751. The van der Waals surface area contributed by atoms with E-state index in [4.69, 9.17) is 0 Å². The van der Waals surface area contributed by atoms with Crippen molar-refractivity contribution in [1.82, 2.24) is 29.2 Å². The number of aromatic nitrogens is 5. The van der Waals surface area contributed by atoms with Gasteiger partial charge in [0.05, 0.1) is 12.6 Å². The van der Waals surface area contributed by atoms with E-state index in [1.54, 1.807) is 40.5 Å². The minimum absolute atomic E-state index is 0.0850. The van der Waals surface area contributed by atoms with Crippen molar-refractivity contribution < 1.29 is 4.79 Å². The lowest BCUT2D eigenvalue weighted by atomic mass is 10.2. The average molecular weight is 371 g/mol. The molecule has 1 atom stereocenters. The molecule has 4 heterocycles. The molecule has 1 aliphatic rings. The predicted octanol–water partition coefficient (Wildman–Crippen LogP) is 1.58. The smallest absolute Gasteiger partial charge is 0.320 e. The van der Waals surface area contributed by atoms with E-state index in [9.17, 15) is 9.59 Å². The molecular formula is C16H17N7O2S. The van der Waals surface area contributed by atoms with Crippen LogP contribution in [-0.4, -0.2) is 47.8 Å². The molecule has 1 fully saturated rings. The summed E-state index contributed by atoms with van der Waals surface area (Å²) < 4.78 is 3.15. The van der Waals surface area contributed by atoms with Gasteiger partial charge in [0.1, 0.15) is 6.33 Å². The van der Waals surface area contributed by atoms with Crippen molar-refractivity contribution in [2.24, 2.45) is 0 Å². The zero-order chi connectivity index (χ0) is 17.9. The summed E-state index contributed by atoms with van der Waals surface area (Å²) in [5.74, 6) is 0.610. The maximum atomic E-state index is 12.5. The van der Waals surface area contributed by atoms with Gasteiger partial charge in [0.2, 0.25) is 0 Å². The van der Waals surface area contributed by atoms with Crippen LogP contribution in [0.3, 0.4) is 0 Å². The number of nitrogens with zero attached hydrogens (tertiary/aromatic N) is 6. The molecule has 0 radical (unpaired) electrons. The van der Waals surface area contributed by atoms with Crippen LogP contribution in [0.1, 0.15) is 12.8 Å². The second-order valence-electron chi connectivity index (χ2n) is 5.94. The second-order valence-corrected chi connectivity index (χ2v) is 6.83. The number of amides is 2. The van der Waals surface area contributed by atoms with Crippen LogP contribution >= 0.6 is 11.3 Å². The van der Waals surface area contributed by atoms with Gasteiger partial charge < -0.3 is 4.90 Å². The summed E-state index contributed by atoms with van der Waals surface area (Å²) >= 11 is 1.37. The van der Waals surface area contributed by atoms with Crippen molar-refractivity contribution in [3.63, 3.8) is 0 Å². The first-order chi connectivity index (χ1) is 12.7. The molecule has 0 aromatic carbocycles. The Labute approximate surface area is 152 Å². The van der Waals surface area contributed by atoms with Crippen LogP contribution in [0.15, 0.2) is 47.2 Å². The number of thiazole rings is 1.